The number of ether oxygens (including phenoxy) is 3. The van der Waals surface area contributed by atoms with Gasteiger partial charge in [-0.05, 0) is 42.0 Å². The van der Waals surface area contributed by atoms with Gasteiger partial charge in [-0.3, -0.25) is 10.1 Å². The summed E-state index contributed by atoms with van der Waals surface area (Å²) in [5.74, 6) is -0.605. The standard InChI is InChI=1S/C21H27FN6O7S/c1-2-9-33-20(31)27-16-17(30)18(35-21(32)26-13-7-5-12(22)6-8-13)14(11-25-28-24)34-19(16)36-10-3-4-15(23)29/h2,5-8,14,16-19,30H,1,3-4,9-11H2,(H2,23,29)(H,26,32)(H,27,31)/t14-,16-,17-,18+,19-/m1/s1. The number of nitrogens with one attached hydrogen (secondary N) is 2. The van der Waals surface area contributed by atoms with Gasteiger partial charge in [-0.1, -0.05) is 17.8 Å². The van der Waals surface area contributed by atoms with E-state index in [9.17, 15) is 23.9 Å². The van der Waals surface area contributed by atoms with Gasteiger partial charge in [0.25, 0.3) is 0 Å². The molecule has 0 saturated carbocycles. The summed E-state index contributed by atoms with van der Waals surface area (Å²) in [5.41, 5.74) is 13.2. The maximum Gasteiger partial charge on any atom is 0.412 e. The SMILES string of the molecule is C=CCOC(=O)N[C@@H]1[C@@H](O)[C@@H](OC(=O)Nc2ccc(F)cc2)[C@@H](CN=[N+]=[N-])O[C@@H]1SCCCC(N)=O. The Kier molecular flexibility index (Phi) is 11.8. The molecule has 15 heteroatoms. The molecule has 1 aliphatic heterocycles. The second-order valence-electron chi connectivity index (χ2n) is 7.45. The minimum Gasteiger partial charge on any atom is -0.445 e. The first-order valence-corrected chi connectivity index (χ1v) is 11.8. The predicted octanol–water partition coefficient (Wildman–Crippen LogP) is 2.42. The van der Waals surface area contributed by atoms with E-state index in [1.54, 1.807) is 0 Å². The maximum absolute atomic E-state index is 13.1. The Balaban J connectivity index is 2.20. The molecule has 196 valence electrons. The van der Waals surface area contributed by atoms with E-state index < -0.39 is 53.7 Å². The van der Waals surface area contributed by atoms with Crippen molar-refractivity contribution in [3.05, 3.63) is 53.2 Å². The van der Waals surface area contributed by atoms with Gasteiger partial charge in [0.05, 0.1) is 12.6 Å². The van der Waals surface area contributed by atoms with Crippen LogP contribution in [0.4, 0.5) is 19.7 Å². The van der Waals surface area contributed by atoms with Gasteiger partial charge < -0.3 is 30.4 Å². The van der Waals surface area contributed by atoms with Crippen molar-refractivity contribution in [2.24, 2.45) is 10.8 Å². The van der Waals surface area contributed by atoms with E-state index in [2.05, 4.69) is 27.2 Å². The van der Waals surface area contributed by atoms with E-state index in [1.165, 1.54) is 30.0 Å². The number of aliphatic hydroxyl groups excluding tert-OH is 1. The third-order valence-electron chi connectivity index (χ3n) is 4.80. The summed E-state index contributed by atoms with van der Waals surface area (Å²) in [6.45, 7) is 3.06. The van der Waals surface area contributed by atoms with Crippen molar-refractivity contribution in [2.45, 2.75) is 42.6 Å². The highest BCUT2D eigenvalue weighted by molar-refractivity contribution is 7.99. The molecule has 0 unspecified atom stereocenters. The van der Waals surface area contributed by atoms with Gasteiger partial charge >= 0.3 is 12.2 Å². The van der Waals surface area contributed by atoms with Crippen molar-refractivity contribution >= 4 is 35.5 Å². The lowest BCUT2D eigenvalue weighted by atomic mass is 9.97. The van der Waals surface area contributed by atoms with E-state index in [0.29, 0.717) is 12.2 Å². The molecule has 36 heavy (non-hydrogen) atoms. The number of primary amides is 1. The third-order valence-corrected chi connectivity index (χ3v) is 6.06. The van der Waals surface area contributed by atoms with E-state index in [-0.39, 0.29) is 25.3 Å². The summed E-state index contributed by atoms with van der Waals surface area (Å²) in [5, 5.41) is 19.4. The Morgan fingerprint density at radius 1 is 1.33 bits per heavy atom. The fraction of sp³-hybridized carbons (Fsp3) is 0.476. The monoisotopic (exact) mass is 526 g/mol. The van der Waals surface area contributed by atoms with Gasteiger partial charge in [0.1, 0.15) is 30.1 Å². The molecule has 0 aromatic heterocycles. The van der Waals surface area contributed by atoms with Crippen LogP contribution in [0.5, 0.6) is 0 Å². The third kappa shape index (κ3) is 9.26. The van der Waals surface area contributed by atoms with Crippen LogP contribution < -0.4 is 16.4 Å². The number of azide groups is 1. The van der Waals surface area contributed by atoms with Crippen LogP contribution in [0.25, 0.3) is 10.4 Å². The molecule has 0 bridgehead atoms. The fourth-order valence-corrected chi connectivity index (χ4v) is 4.39. The van der Waals surface area contributed by atoms with Crippen LogP contribution in [0.1, 0.15) is 12.8 Å². The molecule has 0 spiro atoms. The average Bonchev–Trinajstić information content (AvgIpc) is 2.84. The number of amides is 3. The number of nitrogens with zero attached hydrogens (tertiary/aromatic N) is 3. The summed E-state index contributed by atoms with van der Waals surface area (Å²) in [6, 6.07) is 3.76. The molecule has 1 saturated heterocycles. The Hall–Kier alpha value is -3.52. The van der Waals surface area contributed by atoms with Crippen LogP contribution in [0.2, 0.25) is 0 Å². The van der Waals surface area contributed by atoms with Crippen LogP contribution in [0, 0.1) is 5.82 Å². The number of rotatable bonds is 12. The second kappa shape index (κ2) is 14.8. The number of nitrogens with two attached hydrogens (primary N) is 1. The highest BCUT2D eigenvalue weighted by Crippen LogP contribution is 2.31. The number of aliphatic hydroxyl groups is 1. The Labute approximate surface area is 210 Å². The summed E-state index contributed by atoms with van der Waals surface area (Å²) < 4.78 is 29.3. The lowest BCUT2D eigenvalue weighted by molar-refractivity contribution is -0.154. The number of anilines is 1. The maximum atomic E-state index is 13.1. The van der Waals surface area contributed by atoms with Gasteiger partial charge in [-0.15, -0.1) is 11.8 Å². The van der Waals surface area contributed by atoms with E-state index in [1.807, 2.05) is 0 Å². The highest BCUT2D eigenvalue weighted by Gasteiger charge is 2.48. The number of carbonyl (C=O) groups excluding carboxylic acids is 3. The van der Waals surface area contributed by atoms with E-state index >= 15 is 0 Å². The first kappa shape index (κ1) is 28.7. The van der Waals surface area contributed by atoms with Gasteiger partial charge in [-0.25, -0.2) is 14.0 Å². The molecule has 3 amide bonds. The number of thioether (sulfide) groups is 1. The van der Waals surface area contributed by atoms with Crippen LogP contribution in [-0.4, -0.2) is 71.9 Å². The molecule has 2 rings (SSSR count). The summed E-state index contributed by atoms with van der Waals surface area (Å²) >= 11 is 1.17. The van der Waals surface area contributed by atoms with Crippen LogP contribution in [0.3, 0.4) is 0 Å². The summed E-state index contributed by atoms with van der Waals surface area (Å²) in [7, 11) is 0. The first-order chi connectivity index (χ1) is 17.2. The van der Waals surface area contributed by atoms with Crippen LogP contribution in [0.15, 0.2) is 42.0 Å². The number of carbonyl (C=O) groups is 3. The topological polar surface area (TPSA) is 198 Å². The molecule has 5 N–H and O–H groups in total. The Morgan fingerprint density at radius 2 is 2.06 bits per heavy atom. The molecular weight excluding hydrogens is 499 g/mol. The number of alkyl carbamates (subject to hydrolysis) is 1. The average molecular weight is 527 g/mol. The van der Waals surface area contributed by atoms with Gasteiger partial charge in [0.2, 0.25) is 5.91 Å². The molecule has 1 aromatic carbocycles. The van der Waals surface area contributed by atoms with E-state index in [0.717, 1.165) is 12.1 Å². The minimum absolute atomic E-state index is 0.0918. The lowest BCUT2D eigenvalue weighted by Gasteiger charge is -2.43. The molecule has 13 nitrogen and oxygen atoms in total. The molecular formula is C21H27FN6O7S. The molecule has 5 atom stereocenters. The predicted molar refractivity (Wildman–Crippen MR) is 128 cm³/mol. The number of hydrogen-bond acceptors (Lipinski definition) is 9. The molecule has 1 fully saturated rings. The van der Waals surface area contributed by atoms with Crippen molar-refractivity contribution in [3.8, 4) is 0 Å². The van der Waals surface area contributed by atoms with Crippen molar-refractivity contribution in [3.63, 3.8) is 0 Å². The fourth-order valence-electron chi connectivity index (χ4n) is 3.19. The summed E-state index contributed by atoms with van der Waals surface area (Å²) in [6.07, 6.45) is -3.96. The lowest BCUT2D eigenvalue weighted by Crippen LogP contribution is -2.64. The molecule has 0 aliphatic carbocycles. The number of benzene rings is 1. The zero-order chi connectivity index (χ0) is 26.5. The van der Waals surface area contributed by atoms with Gasteiger partial charge in [0.15, 0.2) is 6.10 Å². The Morgan fingerprint density at radius 3 is 2.69 bits per heavy atom. The van der Waals surface area contributed by atoms with Gasteiger partial charge in [0, 0.05) is 17.0 Å². The Bertz CT molecular complexity index is 963. The number of halogens is 1. The number of hydrogen-bond donors (Lipinski definition) is 4. The minimum atomic E-state index is -1.51. The zero-order valence-electron chi connectivity index (χ0n) is 19.1. The first-order valence-electron chi connectivity index (χ1n) is 10.8. The second-order valence-corrected chi connectivity index (χ2v) is 8.65. The smallest absolute Gasteiger partial charge is 0.412 e. The normalized spacial score (nSPS) is 23.0. The summed E-state index contributed by atoms with van der Waals surface area (Å²) in [4.78, 5) is 38.4. The van der Waals surface area contributed by atoms with Crippen molar-refractivity contribution in [1.29, 1.82) is 0 Å². The molecule has 1 aromatic rings. The van der Waals surface area contributed by atoms with Crippen LogP contribution >= 0.6 is 11.8 Å². The van der Waals surface area contributed by atoms with Crippen molar-refractivity contribution < 1.29 is 38.1 Å². The van der Waals surface area contributed by atoms with Gasteiger partial charge in [-0.2, -0.15) is 0 Å². The van der Waals surface area contributed by atoms with Crippen LogP contribution in [-0.2, 0) is 19.0 Å². The zero-order valence-corrected chi connectivity index (χ0v) is 19.9. The molecule has 1 heterocycles. The molecule has 1 aliphatic rings. The van der Waals surface area contributed by atoms with Crippen molar-refractivity contribution in [2.75, 3.05) is 24.2 Å². The quantitative estimate of drug-likeness (QED) is 0.105. The highest BCUT2D eigenvalue weighted by atomic mass is 32.2. The van der Waals surface area contributed by atoms with E-state index in [4.69, 9.17) is 25.5 Å². The molecule has 0 radical (unpaired) electrons. The largest absolute Gasteiger partial charge is 0.445 e. The van der Waals surface area contributed by atoms with Crippen molar-refractivity contribution in [1.82, 2.24) is 5.32 Å².